The summed E-state index contributed by atoms with van der Waals surface area (Å²) >= 11 is 0. The van der Waals surface area contributed by atoms with Gasteiger partial charge in [-0.2, -0.15) is 13.2 Å². The van der Waals surface area contributed by atoms with Gasteiger partial charge in [0.2, 0.25) is 0 Å². The third kappa shape index (κ3) is 2.79. The Morgan fingerprint density at radius 1 is 1.20 bits per heavy atom. The highest BCUT2D eigenvalue weighted by atomic mass is 19.4. The number of rotatable bonds is 2. The fourth-order valence-corrected chi connectivity index (χ4v) is 1.78. The van der Waals surface area contributed by atoms with Crippen LogP contribution in [0.3, 0.4) is 0 Å². The summed E-state index contributed by atoms with van der Waals surface area (Å²) in [5.41, 5.74) is 0.368. The van der Waals surface area contributed by atoms with E-state index in [4.69, 9.17) is 5.11 Å². The zero-order chi connectivity index (χ0) is 14.9. The molecule has 20 heavy (non-hydrogen) atoms. The van der Waals surface area contributed by atoms with Crippen molar-refractivity contribution in [1.82, 2.24) is 4.98 Å². The Hall–Kier alpha value is -2.37. The highest BCUT2D eigenvalue weighted by Crippen LogP contribution is 2.30. The van der Waals surface area contributed by atoms with Gasteiger partial charge < -0.3 is 5.11 Å². The van der Waals surface area contributed by atoms with E-state index in [0.717, 1.165) is 11.6 Å². The van der Waals surface area contributed by atoms with Crippen molar-refractivity contribution in [2.75, 3.05) is 0 Å². The maximum atomic E-state index is 12.4. The fraction of sp³-hybridized carbons (Fsp3) is 0.143. The summed E-state index contributed by atoms with van der Waals surface area (Å²) in [5.74, 6) is -1.15. The largest absolute Gasteiger partial charge is 0.478 e. The third-order valence-corrected chi connectivity index (χ3v) is 2.77. The van der Waals surface area contributed by atoms with Crippen LogP contribution in [0.1, 0.15) is 21.5 Å². The van der Waals surface area contributed by atoms with Crippen molar-refractivity contribution in [3.05, 3.63) is 53.2 Å². The highest BCUT2D eigenvalue weighted by Gasteiger charge is 2.30. The lowest BCUT2D eigenvalue weighted by Gasteiger charge is -2.09. The summed E-state index contributed by atoms with van der Waals surface area (Å²) in [7, 11) is 0. The molecule has 0 fully saturated rings. The second-order valence-corrected chi connectivity index (χ2v) is 4.28. The number of carbonyl (C=O) groups is 1. The molecular formula is C14H10F3NO2. The average molecular weight is 281 g/mol. The van der Waals surface area contributed by atoms with Crippen molar-refractivity contribution in [1.29, 1.82) is 0 Å². The molecule has 2 rings (SSSR count). The van der Waals surface area contributed by atoms with Gasteiger partial charge in [-0.25, -0.2) is 4.79 Å². The van der Waals surface area contributed by atoms with Crippen LogP contribution in [-0.4, -0.2) is 16.1 Å². The Labute approximate surface area is 112 Å². The number of aromatic nitrogens is 1. The predicted octanol–water partition coefficient (Wildman–Crippen LogP) is 3.77. The van der Waals surface area contributed by atoms with E-state index in [0.29, 0.717) is 6.20 Å². The number of pyridine rings is 1. The summed E-state index contributed by atoms with van der Waals surface area (Å²) in [6.45, 7) is 1.73. The van der Waals surface area contributed by atoms with E-state index in [1.807, 2.05) is 0 Å². The van der Waals surface area contributed by atoms with Gasteiger partial charge in [0.15, 0.2) is 0 Å². The molecule has 6 heteroatoms. The summed E-state index contributed by atoms with van der Waals surface area (Å²) in [6.07, 6.45) is -3.77. The number of alkyl halides is 3. The van der Waals surface area contributed by atoms with E-state index < -0.39 is 17.7 Å². The minimum atomic E-state index is -4.46. The normalized spacial score (nSPS) is 11.4. The number of benzene rings is 1. The Kier molecular flexibility index (Phi) is 3.48. The quantitative estimate of drug-likeness (QED) is 0.911. The molecule has 104 valence electrons. The molecule has 0 saturated carbocycles. The first kappa shape index (κ1) is 14.0. The van der Waals surface area contributed by atoms with Gasteiger partial charge in [0.1, 0.15) is 0 Å². The lowest BCUT2D eigenvalue weighted by molar-refractivity contribution is -0.137. The van der Waals surface area contributed by atoms with Gasteiger partial charge in [0.05, 0.1) is 16.8 Å². The van der Waals surface area contributed by atoms with E-state index in [9.17, 15) is 18.0 Å². The van der Waals surface area contributed by atoms with E-state index >= 15 is 0 Å². The molecule has 0 aliphatic rings. The number of aromatic carboxylic acids is 1. The predicted molar refractivity (Wildman–Crippen MR) is 66.4 cm³/mol. The molecule has 1 aromatic carbocycles. The molecule has 2 aromatic rings. The second-order valence-electron chi connectivity index (χ2n) is 4.28. The summed E-state index contributed by atoms with van der Waals surface area (Å²) in [6, 6.07) is 6.72. The van der Waals surface area contributed by atoms with Gasteiger partial charge in [-0.3, -0.25) is 4.98 Å². The molecular weight excluding hydrogens is 271 g/mol. The van der Waals surface area contributed by atoms with Crippen LogP contribution in [0.15, 0.2) is 36.5 Å². The van der Waals surface area contributed by atoms with Crippen LogP contribution in [0, 0.1) is 6.92 Å². The molecule has 3 nitrogen and oxygen atoms in total. The highest BCUT2D eigenvalue weighted by molar-refractivity contribution is 5.95. The molecule has 0 aliphatic carbocycles. The van der Waals surface area contributed by atoms with Gasteiger partial charge in [-0.1, -0.05) is 17.7 Å². The molecule has 0 radical (unpaired) electrons. The number of carboxylic acids is 1. The van der Waals surface area contributed by atoms with Gasteiger partial charge in [0, 0.05) is 11.8 Å². The summed E-state index contributed by atoms with van der Waals surface area (Å²) in [4.78, 5) is 14.9. The van der Waals surface area contributed by atoms with Crippen molar-refractivity contribution in [2.24, 2.45) is 0 Å². The minimum absolute atomic E-state index is 0.0114. The van der Waals surface area contributed by atoms with E-state index in [-0.39, 0.29) is 16.8 Å². The monoisotopic (exact) mass is 281 g/mol. The number of aryl methyl sites for hydroxylation is 1. The van der Waals surface area contributed by atoms with Crippen LogP contribution < -0.4 is 0 Å². The van der Waals surface area contributed by atoms with Crippen molar-refractivity contribution < 1.29 is 23.1 Å². The molecule has 0 aliphatic heterocycles. The number of hydrogen-bond donors (Lipinski definition) is 1. The molecule has 1 N–H and O–H groups in total. The van der Waals surface area contributed by atoms with Crippen molar-refractivity contribution in [3.8, 4) is 11.3 Å². The number of halogens is 3. The van der Waals surface area contributed by atoms with Crippen molar-refractivity contribution in [2.45, 2.75) is 13.1 Å². The Morgan fingerprint density at radius 3 is 2.40 bits per heavy atom. The lowest BCUT2D eigenvalue weighted by Crippen LogP contribution is -2.06. The first-order chi connectivity index (χ1) is 9.29. The molecule has 1 aromatic heterocycles. The van der Waals surface area contributed by atoms with Gasteiger partial charge >= 0.3 is 12.1 Å². The van der Waals surface area contributed by atoms with E-state index in [1.165, 1.54) is 18.2 Å². The Morgan fingerprint density at radius 2 is 1.90 bits per heavy atom. The van der Waals surface area contributed by atoms with E-state index in [1.54, 1.807) is 13.0 Å². The van der Waals surface area contributed by atoms with Gasteiger partial charge in [0.25, 0.3) is 0 Å². The minimum Gasteiger partial charge on any atom is -0.478 e. The van der Waals surface area contributed by atoms with Crippen LogP contribution >= 0.6 is 0 Å². The summed E-state index contributed by atoms with van der Waals surface area (Å²) in [5, 5.41) is 9.13. The smallest absolute Gasteiger partial charge is 0.417 e. The number of hydrogen-bond acceptors (Lipinski definition) is 2. The molecule has 0 atom stereocenters. The molecule has 0 amide bonds. The molecule has 0 unspecified atom stereocenters. The number of nitrogens with zero attached hydrogens (tertiary/aromatic N) is 1. The van der Waals surface area contributed by atoms with Crippen molar-refractivity contribution >= 4 is 5.97 Å². The summed E-state index contributed by atoms with van der Waals surface area (Å²) < 4.78 is 37.3. The Balaban J connectivity index is 2.50. The molecule has 0 spiro atoms. The molecule has 1 heterocycles. The molecule has 0 saturated heterocycles. The lowest BCUT2D eigenvalue weighted by atomic mass is 10.0. The zero-order valence-electron chi connectivity index (χ0n) is 10.4. The van der Waals surface area contributed by atoms with Crippen LogP contribution in [0.4, 0.5) is 13.2 Å². The SMILES string of the molecule is Cc1ccc(-c2ccc(C(F)(F)F)cn2)c(C(=O)O)c1. The first-order valence-electron chi connectivity index (χ1n) is 5.66. The first-order valence-corrected chi connectivity index (χ1v) is 5.66. The maximum Gasteiger partial charge on any atom is 0.417 e. The number of carboxylic acid groups (broad SMARTS) is 1. The van der Waals surface area contributed by atoms with E-state index in [2.05, 4.69) is 4.98 Å². The standard InChI is InChI=1S/C14H10F3NO2/c1-8-2-4-10(11(6-8)13(19)20)12-5-3-9(7-18-12)14(15,16)17/h2-7H,1H3,(H,19,20). The van der Waals surface area contributed by atoms with Crippen molar-refractivity contribution in [3.63, 3.8) is 0 Å². The average Bonchev–Trinajstić information content (AvgIpc) is 2.37. The third-order valence-electron chi connectivity index (χ3n) is 2.77. The van der Waals surface area contributed by atoms with Gasteiger partial charge in [-0.15, -0.1) is 0 Å². The topological polar surface area (TPSA) is 50.2 Å². The van der Waals surface area contributed by atoms with Crippen LogP contribution in [0.25, 0.3) is 11.3 Å². The zero-order valence-corrected chi connectivity index (χ0v) is 10.4. The molecule has 0 bridgehead atoms. The van der Waals surface area contributed by atoms with Crippen LogP contribution in [-0.2, 0) is 6.18 Å². The maximum absolute atomic E-state index is 12.4. The fourth-order valence-electron chi connectivity index (χ4n) is 1.78. The van der Waals surface area contributed by atoms with Crippen LogP contribution in [0.2, 0.25) is 0 Å². The van der Waals surface area contributed by atoms with Crippen LogP contribution in [0.5, 0.6) is 0 Å². The van der Waals surface area contributed by atoms with Gasteiger partial charge in [-0.05, 0) is 25.1 Å². The Bertz CT molecular complexity index is 648. The second kappa shape index (κ2) is 4.96.